The molecule has 1 N–H and O–H groups in total. The smallest absolute Gasteiger partial charge is 0.303 e. The molecule has 1 aliphatic rings. The number of hydrogen-bond acceptors (Lipinski definition) is 2. The predicted molar refractivity (Wildman–Crippen MR) is 60.8 cm³/mol. The molecule has 1 atom stereocenters. The molecule has 0 fully saturated rings. The van der Waals surface area contributed by atoms with Gasteiger partial charge in [-0.05, 0) is 31.4 Å². The van der Waals surface area contributed by atoms with E-state index < -0.39 is 5.97 Å². The average Bonchev–Trinajstić information content (AvgIpc) is 2.55. The van der Waals surface area contributed by atoms with Gasteiger partial charge >= 0.3 is 5.97 Å². The average molecular weight is 220 g/mol. The van der Waals surface area contributed by atoms with Crippen LogP contribution in [0.1, 0.15) is 30.9 Å². The van der Waals surface area contributed by atoms with Gasteiger partial charge in [0.2, 0.25) is 0 Å². The van der Waals surface area contributed by atoms with Crippen LogP contribution in [0.5, 0.6) is 5.75 Å². The number of ether oxygens (including phenoxy) is 1. The fraction of sp³-hybridized carbons (Fsp3) is 0.462. The highest BCUT2D eigenvalue weighted by Gasteiger charge is 2.35. The molecule has 1 heterocycles. The van der Waals surface area contributed by atoms with Crippen molar-refractivity contribution in [2.45, 2.75) is 38.7 Å². The molecule has 2 rings (SSSR count). The molecule has 0 aromatic heterocycles. The van der Waals surface area contributed by atoms with Gasteiger partial charge in [-0.15, -0.1) is 0 Å². The van der Waals surface area contributed by atoms with E-state index in [0.29, 0.717) is 6.42 Å². The Balaban J connectivity index is 2.15. The van der Waals surface area contributed by atoms with Gasteiger partial charge in [0.1, 0.15) is 11.4 Å². The highest BCUT2D eigenvalue weighted by molar-refractivity contribution is 5.66. The van der Waals surface area contributed by atoms with Crippen molar-refractivity contribution in [3.63, 3.8) is 0 Å². The van der Waals surface area contributed by atoms with E-state index in [9.17, 15) is 4.79 Å². The minimum atomic E-state index is -0.766. The Morgan fingerprint density at radius 1 is 1.56 bits per heavy atom. The number of para-hydroxylation sites is 1. The Labute approximate surface area is 95.0 Å². The summed E-state index contributed by atoms with van der Waals surface area (Å²) >= 11 is 0. The maximum absolute atomic E-state index is 10.6. The van der Waals surface area contributed by atoms with Crippen molar-refractivity contribution >= 4 is 5.97 Å². The number of aryl methyl sites for hydroxylation is 1. The standard InChI is InChI=1S/C13H16O3/c1-9-4-3-5-10-8-13(2,16-12(9)10)7-6-11(14)15/h3-5H,6-8H2,1-2H3,(H,14,15). The third kappa shape index (κ3) is 2.03. The summed E-state index contributed by atoms with van der Waals surface area (Å²) in [6.45, 7) is 4.00. The fourth-order valence-corrected chi connectivity index (χ4v) is 2.19. The van der Waals surface area contributed by atoms with Crippen LogP contribution in [-0.2, 0) is 11.2 Å². The van der Waals surface area contributed by atoms with Gasteiger partial charge < -0.3 is 9.84 Å². The largest absolute Gasteiger partial charge is 0.487 e. The predicted octanol–water partition coefficient (Wildman–Crippen LogP) is 2.55. The summed E-state index contributed by atoms with van der Waals surface area (Å²) in [4.78, 5) is 10.6. The second-order valence-electron chi connectivity index (χ2n) is 4.69. The van der Waals surface area contributed by atoms with Crippen molar-refractivity contribution in [1.29, 1.82) is 0 Å². The van der Waals surface area contributed by atoms with E-state index in [1.807, 2.05) is 32.0 Å². The molecule has 1 aromatic rings. The van der Waals surface area contributed by atoms with Gasteiger partial charge in [0, 0.05) is 12.8 Å². The molecule has 0 saturated carbocycles. The number of carbonyl (C=O) groups is 1. The summed E-state index contributed by atoms with van der Waals surface area (Å²) < 4.78 is 5.91. The van der Waals surface area contributed by atoms with Crippen molar-refractivity contribution in [3.8, 4) is 5.75 Å². The molecular weight excluding hydrogens is 204 g/mol. The molecule has 0 saturated heterocycles. The maximum atomic E-state index is 10.6. The zero-order valence-corrected chi connectivity index (χ0v) is 9.62. The SMILES string of the molecule is Cc1cccc2c1OC(C)(CCC(=O)O)C2. The minimum absolute atomic E-state index is 0.156. The van der Waals surface area contributed by atoms with E-state index >= 15 is 0 Å². The first-order valence-corrected chi connectivity index (χ1v) is 5.49. The number of carboxylic acid groups (broad SMARTS) is 1. The molecule has 3 heteroatoms. The van der Waals surface area contributed by atoms with Crippen molar-refractivity contribution < 1.29 is 14.6 Å². The first-order chi connectivity index (χ1) is 7.50. The van der Waals surface area contributed by atoms with E-state index in [0.717, 1.165) is 17.7 Å². The summed E-state index contributed by atoms with van der Waals surface area (Å²) in [6.07, 6.45) is 1.51. The monoisotopic (exact) mass is 220 g/mol. The molecule has 3 nitrogen and oxygen atoms in total. The van der Waals surface area contributed by atoms with Crippen molar-refractivity contribution in [1.82, 2.24) is 0 Å². The normalized spacial score (nSPS) is 22.6. The first kappa shape index (κ1) is 11.0. The fourth-order valence-electron chi connectivity index (χ4n) is 2.19. The van der Waals surface area contributed by atoms with Gasteiger partial charge in [0.05, 0.1) is 0 Å². The van der Waals surface area contributed by atoms with Crippen LogP contribution in [0, 0.1) is 6.92 Å². The van der Waals surface area contributed by atoms with Gasteiger partial charge in [-0.2, -0.15) is 0 Å². The van der Waals surface area contributed by atoms with Crippen LogP contribution in [0.3, 0.4) is 0 Å². The van der Waals surface area contributed by atoms with Crippen LogP contribution in [0.4, 0.5) is 0 Å². The van der Waals surface area contributed by atoms with E-state index in [2.05, 4.69) is 0 Å². The van der Waals surface area contributed by atoms with Crippen LogP contribution in [0.25, 0.3) is 0 Å². The maximum Gasteiger partial charge on any atom is 0.303 e. The van der Waals surface area contributed by atoms with Crippen LogP contribution in [-0.4, -0.2) is 16.7 Å². The second kappa shape index (κ2) is 3.81. The van der Waals surface area contributed by atoms with Crippen LogP contribution >= 0.6 is 0 Å². The molecule has 0 radical (unpaired) electrons. The molecule has 0 aliphatic carbocycles. The summed E-state index contributed by atoms with van der Waals surface area (Å²) in [6, 6.07) is 6.08. The van der Waals surface area contributed by atoms with Gasteiger partial charge in [0.15, 0.2) is 0 Å². The molecule has 0 bridgehead atoms. The highest BCUT2D eigenvalue weighted by Crippen LogP contribution is 2.39. The second-order valence-corrected chi connectivity index (χ2v) is 4.69. The number of aliphatic carboxylic acids is 1. The Bertz CT molecular complexity index is 425. The van der Waals surface area contributed by atoms with Gasteiger partial charge in [-0.1, -0.05) is 18.2 Å². The molecule has 16 heavy (non-hydrogen) atoms. The third-order valence-electron chi connectivity index (χ3n) is 3.07. The molecule has 1 unspecified atom stereocenters. The minimum Gasteiger partial charge on any atom is -0.487 e. The topological polar surface area (TPSA) is 46.5 Å². The lowest BCUT2D eigenvalue weighted by molar-refractivity contribution is -0.138. The van der Waals surface area contributed by atoms with E-state index in [4.69, 9.17) is 9.84 Å². The highest BCUT2D eigenvalue weighted by atomic mass is 16.5. The number of rotatable bonds is 3. The summed E-state index contributed by atoms with van der Waals surface area (Å²) in [5.74, 6) is 0.174. The number of carboxylic acids is 1. The Morgan fingerprint density at radius 3 is 2.94 bits per heavy atom. The molecule has 86 valence electrons. The zero-order valence-electron chi connectivity index (χ0n) is 9.62. The van der Waals surface area contributed by atoms with Gasteiger partial charge in [0.25, 0.3) is 0 Å². The quantitative estimate of drug-likeness (QED) is 0.851. The number of fused-ring (bicyclic) bond motifs is 1. The van der Waals surface area contributed by atoms with Crippen molar-refractivity contribution in [2.24, 2.45) is 0 Å². The molecule has 0 spiro atoms. The lowest BCUT2D eigenvalue weighted by Crippen LogP contribution is -2.30. The Morgan fingerprint density at radius 2 is 2.31 bits per heavy atom. The number of benzene rings is 1. The van der Waals surface area contributed by atoms with E-state index in [-0.39, 0.29) is 12.0 Å². The molecule has 1 aromatic carbocycles. The zero-order chi connectivity index (χ0) is 11.8. The summed E-state index contributed by atoms with van der Waals surface area (Å²) in [7, 11) is 0. The third-order valence-corrected chi connectivity index (χ3v) is 3.07. The summed E-state index contributed by atoms with van der Waals surface area (Å²) in [5.41, 5.74) is 1.96. The molecule has 1 aliphatic heterocycles. The van der Waals surface area contributed by atoms with E-state index in [1.54, 1.807) is 0 Å². The lowest BCUT2D eigenvalue weighted by atomic mass is 9.94. The Hall–Kier alpha value is -1.51. The number of hydrogen-bond donors (Lipinski definition) is 1. The van der Waals surface area contributed by atoms with Crippen molar-refractivity contribution in [3.05, 3.63) is 29.3 Å². The first-order valence-electron chi connectivity index (χ1n) is 5.49. The summed E-state index contributed by atoms with van der Waals surface area (Å²) in [5, 5.41) is 8.70. The van der Waals surface area contributed by atoms with E-state index in [1.165, 1.54) is 5.56 Å². The van der Waals surface area contributed by atoms with Gasteiger partial charge in [-0.3, -0.25) is 4.79 Å². The van der Waals surface area contributed by atoms with Gasteiger partial charge in [-0.25, -0.2) is 0 Å². The van der Waals surface area contributed by atoms with Crippen LogP contribution in [0.2, 0.25) is 0 Å². The van der Waals surface area contributed by atoms with Crippen LogP contribution in [0.15, 0.2) is 18.2 Å². The molecule has 0 amide bonds. The molecular formula is C13H16O3. The van der Waals surface area contributed by atoms with Crippen molar-refractivity contribution in [2.75, 3.05) is 0 Å². The Kier molecular flexibility index (Phi) is 2.62. The lowest BCUT2D eigenvalue weighted by Gasteiger charge is -2.23. The van der Waals surface area contributed by atoms with Crippen LogP contribution < -0.4 is 4.74 Å².